The summed E-state index contributed by atoms with van der Waals surface area (Å²) in [4.78, 5) is 10.9. The van der Waals surface area contributed by atoms with Crippen molar-refractivity contribution in [1.29, 1.82) is 0 Å². The first-order valence-corrected chi connectivity index (χ1v) is 6.65. The number of hydrogen-bond donors (Lipinski definition) is 2. The van der Waals surface area contributed by atoms with E-state index in [-0.39, 0.29) is 11.8 Å². The molecule has 2 amide bonds. The summed E-state index contributed by atoms with van der Waals surface area (Å²) in [6, 6.07) is 3.83. The molecule has 1 aliphatic carbocycles. The van der Waals surface area contributed by atoms with Crippen LogP contribution in [0.2, 0.25) is 0 Å². The highest BCUT2D eigenvalue weighted by Gasteiger charge is 2.37. The maximum Gasteiger partial charge on any atom is 0.416 e. The summed E-state index contributed by atoms with van der Waals surface area (Å²) in [5.74, 6) is 0.246. The summed E-state index contributed by atoms with van der Waals surface area (Å²) in [6.07, 6.45) is -2.91. The molecule has 1 saturated carbocycles. The van der Waals surface area contributed by atoms with Gasteiger partial charge in [-0.15, -0.1) is 0 Å². The fraction of sp³-hybridized carbons (Fsp3) is 0.500. The normalized spacial score (nSPS) is 23.3. The van der Waals surface area contributed by atoms with E-state index in [0.717, 1.165) is 17.7 Å². The molecule has 4 nitrogen and oxygen atoms in total. The number of nitrogens with zero attached hydrogens (tertiary/aromatic N) is 1. The number of hydrogen-bond acceptors (Lipinski definition) is 2. The van der Waals surface area contributed by atoms with E-state index >= 15 is 0 Å². The fourth-order valence-corrected chi connectivity index (χ4v) is 2.67. The van der Waals surface area contributed by atoms with Crippen LogP contribution in [0.25, 0.3) is 0 Å². The van der Waals surface area contributed by atoms with Gasteiger partial charge in [-0.05, 0) is 49.3 Å². The second-order valence-corrected chi connectivity index (χ2v) is 5.47. The van der Waals surface area contributed by atoms with E-state index in [1.807, 2.05) is 0 Å². The van der Waals surface area contributed by atoms with E-state index in [0.29, 0.717) is 17.9 Å². The van der Waals surface area contributed by atoms with Crippen LogP contribution in [-0.2, 0) is 6.18 Å². The number of benzene rings is 1. The monoisotopic (exact) mass is 302 g/mol. The number of rotatable bonds is 3. The highest BCUT2D eigenvalue weighted by atomic mass is 19.4. The molecule has 0 aliphatic heterocycles. The fourth-order valence-electron chi connectivity index (χ4n) is 2.67. The minimum atomic E-state index is -4.33. The topological polar surface area (TPSA) is 66.6 Å². The third-order valence-corrected chi connectivity index (χ3v) is 4.18. The summed E-state index contributed by atoms with van der Waals surface area (Å²) in [7, 11) is 0. The number of carbonyl (C=O) groups excluding carboxylic acids is 1. The molecule has 0 saturated heterocycles. The average molecular weight is 302 g/mol. The van der Waals surface area contributed by atoms with Crippen LogP contribution in [0.3, 0.4) is 0 Å². The number of halogens is 3. The molecular weight excluding hydrogens is 285 g/mol. The maximum atomic E-state index is 12.5. The molecule has 0 aromatic heterocycles. The first kappa shape index (κ1) is 15.6. The van der Waals surface area contributed by atoms with Crippen molar-refractivity contribution in [3.8, 4) is 0 Å². The number of alkyl halides is 3. The van der Waals surface area contributed by atoms with Gasteiger partial charge in [-0.1, -0.05) is 12.1 Å². The van der Waals surface area contributed by atoms with Crippen molar-refractivity contribution in [2.75, 3.05) is 0 Å². The Kier molecular flexibility index (Phi) is 4.13. The number of hydroxylamine groups is 2. The maximum absolute atomic E-state index is 12.5. The third kappa shape index (κ3) is 3.29. The molecule has 1 unspecified atom stereocenters. The lowest BCUT2D eigenvalue weighted by molar-refractivity contribution is -0.137. The van der Waals surface area contributed by atoms with Gasteiger partial charge in [0, 0.05) is 0 Å². The van der Waals surface area contributed by atoms with Crippen molar-refractivity contribution in [1.82, 2.24) is 5.06 Å². The number of nitrogens with two attached hydrogens (primary N) is 1. The van der Waals surface area contributed by atoms with Crippen LogP contribution in [0.15, 0.2) is 24.3 Å². The second kappa shape index (κ2) is 5.55. The minimum Gasteiger partial charge on any atom is -0.350 e. The smallest absolute Gasteiger partial charge is 0.350 e. The molecule has 1 aromatic carbocycles. The molecule has 0 radical (unpaired) electrons. The number of amides is 2. The van der Waals surface area contributed by atoms with E-state index in [1.54, 1.807) is 6.92 Å². The van der Waals surface area contributed by atoms with E-state index < -0.39 is 23.8 Å². The van der Waals surface area contributed by atoms with E-state index in [1.165, 1.54) is 12.1 Å². The zero-order chi connectivity index (χ0) is 15.8. The van der Waals surface area contributed by atoms with Gasteiger partial charge in [0.25, 0.3) is 0 Å². The molecule has 0 bridgehead atoms. The van der Waals surface area contributed by atoms with Crippen molar-refractivity contribution in [3.05, 3.63) is 35.4 Å². The molecule has 7 heteroatoms. The van der Waals surface area contributed by atoms with Gasteiger partial charge in [0.15, 0.2) is 0 Å². The quantitative estimate of drug-likeness (QED) is 0.664. The largest absolute Gasteiger partial charge is 0.416 e. The molecule has 1 fully saturated rings. The molecule has 2 rings (SSSR count). The predicted molar refractivity (Wildman–Crippen MR) is 69.6 cm³/mol. The third-order valence-electron chi connectivity index (χ3n) is 4.18. The van der Waals surface area contributed by atoms with Gasteiger partial charge in [0.2, 0.25) is 0 Å². The Labute approximate surface area is 120 Å². The van der Waals surface area contributed by atoms with Gasteiger partial charge >= 0.3 is 12.2 Å². The Balaban J connectivity index is 1.94. The van der Waals surface area contributed by atoms with Crippen LogP contribution >= 0.6 is 0 Å². The van der Waals surface area contributed by atoms with Gasteiger partial charge in [0.05, 0.1) is 11.6 Å². The molecule has 1 aromatic rings. The minimum absolute atomic E-state index is 0.0924. The highest BCUT2D eigenvalue weighted by Crippen LogP contribution is 2.44. The van der Waals surface area contributed by atoms with Crippen LogP contribution < -0.4 is 5.73 Å². The Bertz CT molecular complexity index is 510. The first-order chi connectivity index (χ1) is 9.70. The predicted octanol–water partition coefficient (Wildman–Crippen LogP) is 3.36. The summed E-state index contributed by atoms with van der Waals surface area (Å²) in [5, 5.41) is 9.95. The second-order valence-electron chi connectivity index (χ2n) is 5.47. The molecule has 3 N–H and O–H groups in total. The summed E-state index contributed by atoms with van der Waals surface area (Å²) in [6.45, 7) is 1.69. The van der Waals surface area contributed by atoms with Crippen LogP contribution in [0.1, 0.15) is 36.8 Å². The van der Waals surface area contributed by atoms with Crippen molar-refractivity contribution in [2.24, 2.45) is 11.7 Å². The summed E-state index contributed by atoms with van der Waals surface area (Å²) < 4.78 is 37.4. The Hall–Kier alpha value is -1.76. The number of urea groups is 1. The summed E-state index contributed by atoms with van der Waals surface area (Å²) in [5.41, 5.74) is 5.17. The van der Waals surface area contributed by atoms with Gasteiger partial charge < -0.3 is 5.73 Å². The standard InChI is InChI=1S/C14H17F3N2O2/c1-8(19(21)13(18)20)10-6-11(7-10)9-2-4-12(5-3-9)14(15,16)17/h2-5,8,10-11,21H,6-7H2,1H3,(H2,18,20). The number of carbonyl (C=O) groups is 1. The van der Waals surface area contributed by atoms with Crippen molar-refractivity contribution in [3.63, 3.8) is 0 Å². The van der Waals surface area contributed by atoms with Crippen molar-refractivity contribution < 1.29 is 23.2 Å². The van der Waals surface area contributed by atoms with Crippen LogP contribution in [0.4, 0.5) is 18.0 Å². The Morgan fingerprint density at radius 3 is 2.29 bits per heavy atom. The van der Waals surface area contributed by atoms with E-state index in [4.69, 9.17) is 5.73 Å². The van der Waals surface area contributed by atoms with E-state index in [9.17, 15) is 23.2 Å². The SMILES string of the molecule is CC(C1CC(c2ccc(C(F)(F)F)cc2)C1)N(O)C(N)=O. The Morgan fingerprint density at radius 2 is 1.86 bits per heavy atom. The molecule has 21 heavy (non-hydrogen) atoms. The molecule has 1 aliphatic rings. The zero-order valence-corrected chi connectivity index (χ0v) is 11.5. The van der Waals surface area contributed by atoms with Crippen LogP contribution in [0.5, 0.6) is 0 Å². The molecular formula is C14H17F3N2O2. The lowest BCUT2D eigenvalue weighted by Gasteiger charge is -2.41. The Morgan fingerprint density at radius 1 is 1.33 bits per heavy atom. The first-order valence-electron chi connectivity index (χ1n) is 6.65. The van der Waals surface area contributed by atoms with Crippen LogP contribution in [-0.4, -0.2) is 22.3 Å². The van der Waals surface area contributed by atoms with Gasteiger partial charge in [-0.3, -0.25) is 5.21 Å². The number of primary amides is 1. The highest BCUT2D eigenvalue weighted by molar-refractivity contribution is 5.70. The average Bonchev–Trinajstić information content (AvgIpc) is 2.35. The van der Waals surface area contributed by atoms with E-state index in [2.05, 4.69) is 0 Å². The summed E-state index contributed by atoms with van der Waals surface area (Å²) >= 11 is 0. The van der Waals surface area contributed by atoms with Crippen LogP contribution in [0, 0.1) is 5.92 Å². The lowest BCUT2D eigenvalue weighted by Crippen LogP contribution is -2.46. The molecule has 116 valence electrons. The zero-order valence-electron chi connectivity index (χ0n) is 11.5. The molecule has 0 spiro atoms. The molecule has 1 atom stereocenters. The molecule has 0 heterocycles. The van der Waals surface area contributed by atoms with Gasteiger partial charge in [-0.2, -0.15) is 13.2 Å². The van der Waals surface area contributed by atoms with Crippen molar-refractivity contribution in [2.45, 2.75) is 37.9 Å². The van der Waals surface area contributed by atoms with Gasteiger partial charge in [0.1, 0.15) is 0 Å². The van der Waals surface area contributed by atoms with Gasteiger partial charge in [-0.25, -0.2) is 9.86 Å². The van der Waals surface area contributed by atoms with Crippen molar-refractivity contribution >= 4 is 6.03 Å². The lowest BCUT2D eigenvalue weighted by atomic mass is 9.68.